The molecule has 4 rings (SSSR count). The summed E-state index contributed by atoms with van der Waals surface area (Å²) >= 11 is 0. The van der Waals surface area contributed by atoms with Gasteiger partial charge in [-0.25, -0.2) is 8.78 Å². The molecule has 0 amide bonds. The van der Waals surface area contributed by atoms with Crippen molar-refractivity contribution in [2.45, 2.75) is 12.8 Å². The standard InChI is InChI=1S/C26H20F2/c1-2-3-4-18-5-6-21-16-22(8-7-20(21)15-18)23-11-14-25(26(28)17-23)19-9-12-24(27)13-10-19/h2,5-17H,1,3-4H2. The monoisotopic (exact) mass is 370 g/mol. The molecule has 0 bridgehead atoms. The van der Waals surface area contributed by atoms with Crippen LogP contribution in [-0.2, 0) is 6.42 Å². The second kappa shape index (κ2) is 7.77. The fraction of sp³-hybridized carbons (Fsp3) is 0.0769. The summed E-state index contributed by atoms with van der Waals surface area (Å²) in [6.07, 6.45) is 3.87. The third-order valence-electron chi connectivity index (χ3n) is 5.00. The summed E-state index contributed by atoms with van der Waals surface area (Å²) in [5.74, 6) is -0.645. The molecular weight excluding hydrogens is 350 g/mol. The number of allylic oxidation sites excluding steroid dienone is 1. The molecule has 0 nitrogen and oxygen atoms in total. The van der Waals surface area contributed by atoms with Crippen molar-refractivity contribution >= 4 is 10.8 Å². The summed E-state index contributed by atoms with van der Waals surface area (Å²) in [7, 11) is 0. The normalized spacial score (nSPS) is 10.9. The molecule has 28 heavy (non-hydrogen) atoms. The molecule has 0 unspecified atom stereocenters. The van der Waals surface area contributed by atoms with E-state index < -0.39 is 0 Å². The average Bonchev–Trinajstić information content (AvgIpc) is 2.72. The van der Waals surface area contributed by atoms with Gasteiger partial charge in [-0.15, -0.1) is 6.58 Å². The SMILES string of the molecule is C=CCCc1ccc2cc(-c3ccc(-c4ccc(F)cc4)c(F)c3)ccc2c1. The highest BCUT2D eigenvalue weighted by molar-refractivity contribution is 5.88. The third-order valence-corrected chi connectivity index (χ3v) is 5.00. The summed E-state index contributed by atoms with van der Waals surface area (Å²) in [4.78, 5) is 0. The predicted molar refractivity (Wildman–Crippen MR) is 113 cm³/mol. The van der Waals surface area contributed by atoms with E-state index in [1.165, 1.54) is 29.1 Å². The zero-order valence-electron chi connectivity index (χ0n) is 15.5. The summed E-state index contributed by atoms with van der Waals surface area (Å²) in [5, 5.41) is 2.30. The Bertz CT molecular complexity index is 1140. The van der Waals surface area contributed by atoms with E-state index in [0.717, 1.165) is 29.4 Å². The van der Waals surface area contributed by atoms with Crippen molar-refractivity contribution in [2.24, 2.45) is 0 Å². The molecule has 0 fully saturated rings. The van der Waals surface area contributed by atoms with Crippen molar-refractivity contribution in [3.8, 4) is 22.3 Å². The fourth-order valence-corrected chi connectivity index (χ4v) is 3.46. The minimum Gasteiger partial charge on any atom is -0.207 e. The van der Waals surface area contributed by atoms with Crippen molar-refractivity contribution in [1.82, 2.24) is 0 Å². The van der Waals surface area contributed by atoms with Crippen molar-refractivity contribution < 1.29 is 8.78 Å². The first-order valence-corrected chi connectivity index (χ1v) is 9.33. The molecule has 0 atom stereocenters. The Balaban J connectivity index is 1.66. The number of hydrogen-bond acceptors (Lipinski definition) is 0. The van der Waals surface area contributed by atoms with Crippen LogP contribution in [0.5, 0.6) is 0 Å². The Morgan fingerprint density at radius 3 is 2.07 bits per heavy atom. The van der Waals surface area contributed by atoms with Crippen LogP contribution in [0.3, 0.4) is 0 Å². The van der Waals surface area contributed by atoms with Crippen LogP contribution in [0.4, 0.5) is 8.78 Å². The molecule has 0 aliphatic rings. The maximum atomic E-state index is 14.7. The van der Waals surface area contributed by atoms with Crippen molar-refractivity contribution in [3.63, 3.8) is 0 Å². The molecule has 0 aliphatic carbocycles. The minimum absolute atomic E-state index is 0.316. The van der Waals surface area contributed by atoms with Gasteiger partial charge in [0.25, 0.3) is 0 Å². The van der Waals surface area contributed by atoms with Gasteiger partial charge in [-0.05, 0) is 70.1 Å². The average molecular weight is 370 g/mol. The topological polar surface area (TPSA) is 0 Å². The van der Waals surface area contributed by atoms with E-state index >= 15 is 0 Å². The van der Waals surface area contributed by atoms with Gasteiger partial charge in [-0.2, -0.15) is 0 Å². The molecule has 0 radical (unpaired) electrons. The molecule has 2 heteroatoms. The lowest BCUT2D eigenvalue weighted by Gasteiger charge is -2.09. The van der Waals surface area contributed by atoms with Gasteiger partial charge in [0.1, 0.15) is 11.6 Å². The van der Waals surface area contributed by atoms with Gasteiger partial charge < -0.3 is 0 Å². The van der Waals surface area contributed by atoms with Gasteiger partial charge in [0.05, 0.1) is 0 Å². The Morgan fingerprint density at radius 1 is 0.679 bits per heavy atom. The number of fused-ring (bicyclic) bond motifs is 1. The van der Waals surface area contributed by atoms with Crippen LogP contribution >= 0.6 is 0 Å². The number of rotatable bonds is 5. The van der Waals surface area contributed by atoms with E-state index in [4.69, 9.17) is 0 Å². The summed E-state index contributed by atoms with van der Waals surface area (Å²) in [5.41, 5.74) is 4.21. The lowest BCUT2D eigenvalue weighted by molar-refractivity contribution is 0.626. The van der Waals surface area contributed by atoms with Crippen LogP contribution in [0.15, 0.2) is 91.5 Å². The smallest absolute Gasteiger partial charge is 0.131 e. The first kappa shape index (κ1) is 18.1. The van der Waals surface area contributed by atoms with E-state index in [9.17, 15) is 8.78 Å². The van der Waals surface area contributed by atoms with Crippen molar-refractivity contribution in [1.29, 1.82) is 0 Å². The lowest BCUT2D eigenvalue weighted by atomic mass is 9.97. The number of hydrogen-bond donors (Lipinski definition) is 0. The highest BCUT2D eigenvalue weighted by atomic mass is 19.1. The lowest BCUT2D eigenvalue weighted by Crippen LogP contribution is -1.88. The Morgan fingerprint density at radius 2 is 1.32 bits per heavy atom. The van der Waals surface area contributed by atoms with Crippen LogP contribution in [0.2, 0.25) is 0 Å². The molecule has 0 spiro atoms. The molecule has 0 aromatic heterocycles. The van der Waals surface area contributed by atoms with Crippen LogP contribution in [-0.4, -0.2) is 0 Å². The van der Waals surface area contributed by atoms with Gasteiger partial charge in [-0.3, -0.25) is 0 Å². The predicted octanol–water partition coefficient (Wildman–Crippen LogP) is 7.57. The number of aryl methyl sites for hydroxylation is 1. The molecule has 0 saturated carbocycles. The number of benzene rings is 4. The Kier molecular flexibility index (Phi) is 5.03. The molecule has 138 valence electrons. The summed E-state index contributed by atoms with van der Waals surface area (Å²) in [6, 6.07) is 23.7. The van der Waals surface area contributed by atoms with Crippen LogP contribution in [0.1, 0.15) is 12.0 Å². The second-order valence-electron chi connectivity index (χ2n) is 6.93. The molecule has 0 aliphatic heterocycles. The van der Waals surface area contributed by atoms with Crippen molar-refractivity contribution in [3.05, 3.63) is 109 Å². The second-order valence-corrected chi connectivity index (χ2v) is 6.93. The molecule has 0 N–H and O–H groups in total. The van der Waals surface area contributed by atoms with Crippen LogP contribution in [0.25, 0.3) is 33.0 Å². The van der Waals surface area contributed by atoms with Gasteiger partial charge >= 0.3 is 0 Å². The van der Waals surface area contributed by atoms with E-state index in [1.807, 2.05) is 18.2 Å². The van der Waals surface area contributed by atoms with Gasteiger partial charge in [0.15, 0.2) is 0 Å². The quantitative estimate of drug-likeness (QED) is 0.318. The zero-order valence-corrected chi connectivity index (χ0v) is 15.5. The van der Waals surface area contributed by atoms with E-state index in [1.54, 1.807) is 18.2 Å². The highest BCUT2D eigenvalue weighted by Gasteiger charge is 2.08. The van der Waals surface area contributed by atoms with E-state index in [2.05, 4.69) is 36.9 Å². The third kappa shape index (κ3) is 3.72. The van der Waals surface area contributed by atoms with Gasteiger partial charge in [0, 0.05) is 5.56 Å². The van der Waals surface area contributed by atoms with Gasteiger partial charge in [0.2, 0.25) is 0 Å². The summed E-state index contributed by atoms with van der Waals surface area (Å²) in [6.45, 7) is 3.77. The zero-order chi connectivity index (χ0) is 19.5. The maximum Gasteiger partial charge on any atom is 0.131 e. The highest BCUT2D eigenvalue weighted by Crippen LogP contribution is 2.30. The fourth-order valence-electron chi connectivity index (χ4n) is 3.46. The largest absolute Gasteiger partial charge is 0.207 e. The Hall–Kier alpha value is -3.26. The van der Waals surface area contributed by atoms with Crippen molar-refractivity contribution in [2.75, 3.05) is 0 Å². The Labute approximate surface area is 163 Å². The minimum atomic E-state index is -0.329. The first-order valence-electron chi connectivity index (χ1n) is 9.33. The molecule has 0 heterocycles. The van der Waals surface area contributed by atoms with E-state index in [-0.39, 0.29) is 11.6 Å². The summed E-state index contributed by atoms with van der Waals surface area (Å²) < 4.78 is 27.8. The van der Waals surface area contributed by atoms with Gasteiger partial charge in [-0.1, -0.05) is 60.7 Å². The maximum absolute atomic E-state index is 14.7. The number of halogens is 2. The van der Waals surface area contributed by atoms with Crippen LogP contribution in [0, 0.1) is 11.6 Å². The van der Waals surface area contributed by atoms with E-state index in [0.29, 0.717) is 11.1 Å². The molecular formula is C26H20F2. The van der Waals surface area contributed by atoms with Crippen LogP contribution < -0.4 is 0 Å². The molecule has 4 aromatic rings. The molecule has 4 aromatic carbocycles. The molecule has 0 saturated heterocycles. The first-order chi connectivity index (χ1) is 13.6.